The van der Waals surface area contributed by atoms with Crippen molar-refractivity contribution in [1.82, 2.24) is 0 Å². The van der Waals surface area contributed by atoms with Crippen LogP contribution in [0.5, 0.6) is 0 Å². The fraction of sp³-hybridized carbons (Fsp3) is 0.0769. The van der Waals surface area contributed by atoms with Crippen LogP contribution in [0.15, 0.2) is 41.3 Å². The van der Waals surface area contributed by atoms with Crippen molar-refractivity contribution in [2.45, 2.75) is 10.7 Å². The van der Waals surface area contributed by atoms with E-state index < -0.39 is 11.6 Å². The molecule has 106 valence electrons. The SMILES string of the molecule is Nc1cc(F)c(Cl)cc1Nc1ccccc1SC(F)F. The highest BCUT2D eigenvalue weighted by Crippen LogP contribution is 2.35. The number of hydrogen-bond acceptors (Lipinski definition) is 3. The van der Waals surface area contributed by atoms with Gasteiger partial charge in [-0.15, -0.1) is 0 Å². The summed E-state index contributed by atoms with van der Waals surface area (Å²) in [6.07, 6.45) is 0. The number of nitrogens with two attached hydrogens (primary N) is 1. The molecule has 0 spiro atoms. The van der Waals surface area contributed by atoms with Gasteiger partial charge >= 0.3 is 0 Å². The summed E-state index contributed by atoms with van der Waals surface area (Å²) >= 11 is 6.09. The summed E-state index contributed by atoms with van der Waals surface area (Å²) in [5.74, 6) is -3.17. The molecule has 0 aromatic heterocycles. The van der Waals surface area contributed by atoms with E-state index in [4.69, 9.17) is 17.3 Å². The smallest absolute Gasteiger partial charge is 0.288 e. The molecule has 0 aliphatic heterocycles. The second kappa shape index (κ2) is 6.28. The Morgan fingerprint density at radius 3 is 2.55 bits per heavy atom. The van der Waals surface area contributed by atoms with Gasteiger partial charge in [0.05, 0.1) is 22.1 Å². The van der Waals surface area contributed by atoms with Crippen molar-refractivity contribution in [3.8, 4) is 0 Å². The number of rotatable bonds is 4. The number of nitrogen functional groups attached to an aromatic ring is 1. The normalized spacial score (nSPS) is 10.8. The molecule has 0 fully saturated rings. The largest absolute Gasteiger partial charge is 0.397 e. The van der Waals surface area contributed by atoms with Gasteiger partial charge in [0.2, 0.25) is 0 Å². The van der Waals surface area contributed by atoms with Crippen molar-refractivity contribution in [1.29, 1.82) is 0 Å². The lowest BCUT2D eigenvalue weighted by molar-refractivity contribution is 0.252. The van der Waals surface area contributed by atoms with Gasteiger partial charge in [-0.3, -0.25) is 0 Å². The van der Waals surface area contributed by atoms with Crippen LogP contribution in [0.25, 0.3) is 0 Å². The van der Waals surface area contributed by atoms with Crippen LogP contribution in [0.1, 0.15) is 0 Å². The lowest BCUT2D eigenvalue weighted by Crippen LogP contribution is -1.99. The third-order valence-electron chi connectivity index (χ3n) is 2.46. The van der Waals surface area contributed by atoms with Gasteiger partial charge in [-0.1, -0.05) is 35.5 Å². The first-order valence-corrected chi connectivity index (χ1v) is 6.78. The number of nitrogens with one attached hydrogen (secondary N) is 1. The molecule has 0 amide bonds. The topological polar surface area (TPSA) is 38.0 Å². The molecule has 0 atom stereocenters. The fourth-order valence-corrected chi connectivity index (χ4v) is 2.34. The van der Waals surface area contributed by atoms with E-state index in [1.165, 1.54) is 6.07 Å². The Kier molecular flexibility index (Phi) is 4.67. The lowest BCUT2D eigenvalue weighted by atomic mass is 10.2. The monoisotopic (exact) mass is 318 g/mol. The number of halogens is 4. The van der Waals surface area contributed by atoms with Crippen molar-refractivity contribution in [3.05, 3.63) is 47.2 Å². The molecule has 0 heterocycles. The summed E-state index contributed by atoms with van der Waals surface area (Å²) in [7, 11) is 0. The standard InChI is InChI=1S/C13H10ClF3N2S/c14-7-5-11(9(18)6-8(7)15)19-10-3-1-2-4-12(10)20-13(16)17/h1-6,13,19H,18H2. The second-order valence-electron chi connectivity index (χ2n) is 3.85. The van der Waals surface area contributed by atoms with E-state index in [1.807, 2.05) is 0 Å². The third kappa shape index (κ3) is 3.52. The third-order valence-corrected chi connectivity index (χ3v) is 3.54. The molecule has 0 bridgehead atoms. The van der Waals surface area contributed by atoms with Crippen LogP contribution in [-0.2, 0) is 0 Å². The van der Waals surface area contributed by atoms with Crippen molar-refractivity contribution in [2.24, 2.45) is 0 Å². The first kappa shape index (κ1) is 14.9. The second-order valence-corrected chi connectivity index (χ2v) is 5.29. The van der Waals surface area contributed by atoms with Gasteiger partial charge in [0.25, 0.3) is 5.76 Å². The Balaban J connectivity index is 2.33. The molecule has 2 aromatic carbocycles. The van der Waals surface area contributed by atoms with Crippen molar-refractivity contribution >= 4 is 40.4 Å². The molecule has 2 aromatic rings. The van der Waals surface area contributed by atoms with Gasteiger partial charge in [-0.25, -0.2) is 4.39 Å². The first-order chi connectivity index (χ1) is 9.47. The molecule has 0 unspecified atom stereocenters. The van der Waals surface area contributed by atoms with E-state index in [0.717, 1.165) is 6.07 Å². The van der Waals surface area contributed by atoms with E-state index in [-0.39, 0.29) is 10.7 Å². The average molecular weight is 319 g/mol. The van der Waals surface area contributed by atoms with E-state index in [0.29, 0.717) is 28.0 Å². The molecular weight excluding hydrogens is 309 g/mol. The lowest BCUT2D eigenvalue weighted by Gasteiger charge is -2.13. The maximum atomic E-state index is 13.2. The number of para-hydroxylation sites is 1. The molecule has 0 aliphatic carbocycles. The Labute approximate surface area is 123 Å². The van der Waals surface area contributed by atoms with Crippen LogP contribution in [0.3, 0.4) is 0 Å². The highest BCUT2D eigenvalue weighted by Gasteiger charge is 2.12. The minimum absolute atomic E-state index is 0.0966. The minimum atomic E-state index is -2.54. The van der Waals surface area contributed by atoms with E-state index in [9.17, 15) is 13.2 Å². The molecule has 2 nitrogen and oxygen atoms in total. The fourth-order valence-electron chi connectivity index (χ4n) is 1.58. The predicted molar refractivity (Wildman–Crippen MR) is 77.4 cm³/mol. The molecule has 0 aliphatic rings. The molecule has 20 heavy (non-hydrogen) atoms. The van der Waals surface area contributed by atoms with Crippen LogP contribution in [-0.4, -0.2) is 5.76 Å². The summed E-state index contributed by atoms with van der Waals surface area (Å²) < 4.78 is 38.2. The molecular formula is C13H10ClF3N2S. The molecule has 3 N–H and O–H groups in total. The summed E-state index contributed by atoms with van der Waals surface area (Å²) in [6.45, 7) is 0. The van der Waals surface area contributed by atoms with E-state index in [1.54, 1.807) is 24.3 Å². The van der Waals surface area contributed by atoms with Gasteiger partial charge in [-0.05, 0) is 18.2 Å². The highest BCUT2D eigenvalue weighted by molar-refractivity contribution is 7.99. The van der Waals surface area contributed by atoms with Crippen LogP contribution >= 0.6 is 23.4 Å². The number of alkyl halides is 2. The van der Waals surface area contributed by atoms with Gasteiger partial charge in [-0.2, -0.15) is 8.78 Å². The van der Waals surface area contributed by atoms with E-state index in [2.05, 4.69) is 5.32 Å². The average Bonchev–Trinajstić information content (AvgIpc) is 2.37. The molecule has 0 saturated heterocycles. The van der Waals surface area contributed by atoms with Gasteiger partial charge in [0, 0.05) is 11.0 Å². The van der Waals surface area contributed by atoms with Crippen molar-refractivity contribution < 1.29 is 13.2 Å². The van der Waals surface area contributed by atoms with Gasteiger partial charge < -0.3 is 11.1 Å². The molecule has 7 heteroatoms. The number of hydrogen-bond donors (Lipinski definition) is 2. The van der Waals surface area contributed by atoms with Crippen LogP contribution in [0.4, 0.5) is 30.2 Å². The summed E-state index contributed by atoms with van der Waals surface area (Å²) in [4.78, 5) is 0.363. The molecule has 2 rings (SSSR count). The Morgan fingerprint density at radius 2 is 1.85 bits per heavy atom. The Morgan fingerprint density at radius 1 is 1.15 bits per heavy atom. The number of anilines is 3. The molecule has 0 saturated carbocycles. The van der Waals surface area contributed by atoms with Gasteiger partial charge in [0.1, 0.15) is 5.82 Å². The number of thioether (sulfide) groups is 1. The predicted octanol–water partition coefficient (Wildman–Crippen LogP) is 5.12. The zero-order chi connectivity index (χ0) is 14.7. The van der Waals surface area contributed by atoms with Gasteiger partial charge in [0.15, 0.2) is 0 Å². The highest BCUT2D eigenvalue weighted by atomic mass is 35.5. The zero-order valence-electron chi connectivity index (χ0n) is 10.0. The Hall–Kier alpha value is -1.53. The molecule has 0 radical (unpaired) electrons. The minimum Gasteiger partial charge on any atom is -0.397 e. The summed E-state index contributed by atoms with van der Waals surface area (Å²) in [5, 5.41) is 2.79. The van der Waals surface area contributed by atoms with Crippen LogP contribution < -0.4 is 11.1 Å². The summed E-state index contributed by atoms with van der Waals surface area (Å²) in [6, 6.07) is 8.92. The zero-order valence-corrected chi connectivity index (χ0v) is 11.6. The van der Waals surface area contributed by atoms with E-state index >= 15 is 0 Å². The first-order valence-electron chi connectivity index (χ1n) is 5.52. The number of benzene rings is 2. The van der Waals surface area contributed by atoms with Crippen LogP contribution in [0.2, 0.25) is 5.02 Å². The Bertz CT molecular complexity index is 623. The van der Waals surface area contributed by atoms with Crippen molar-refractivity contribution in [3.63, 3.8) is 0 Å². The van der Waals surface area contributed by atoms with Crippen molar-refractivity contribution in [2.75, 3.05) is 11.1 Å². The summed E-state index contributed by atoms with van der Waals surface area (Å²) in [5.41, 5.74) is 6.63. The maximum absolute atomic E-state index is 13.2. The maximum Gasteiger partial charge on any atom is 0.288 e. The quantitative estimate of drug-likeness (QED) is 0.607. The van der Waals surface area contributed by atoms with Crippen LogP contribution in [0, 0.1) is 5.82 Å².